The highest BCUT2D eigenvalue weighted by Gasteiger charge is 1.99. The molecule has 0 amide bonds. The zero-order valence-electron chi connectivity index (χ0n) is 7.03. The van der Waals surface area contributed by atoms with E-state index in [0.29, 0.717) is 6.54 Å². The van der Waals surface area contributed by atoms with Crippen LogP contribution in [0.1, 0.15) is 24.2 Å². The molecule has 1 aromatic rings. The highest BCUT2D eigenvalue weighted by molar-refractivity contribution is 5.85. The van der Waals surface area contributed by atoms with Crippen molar-refractivity contribution in [2.45, 2.75) is 19.6 Å². The Morgan fingerprint density at radius 1 is 1.50 bits per heavy atom. The van der Waals surface area contributed by atoms with Crippen molar-refractivity contribution in [1.82, 2.24) is 0 Å². The number of nitrogens with two attached hydrogens (primary N) is 1. The summed E-state index contributed by atoms with van der Waals surface area (Å²) < 4.78 is 0. The van der Waals surface area contributed by atoms with Crippen LogP contribution in [-0.2, 0) is 6.54 Å². The summed E-state index contributed by atoms with van der Waals surface area (Å²) in [5, 5.41) is 9.20. The number of rotatable bonds is 2. The van der Waals surface area contributed by atoms with Gasteiger partial charge in [-0.25, -0.2) is 0 Å². The molecule has 0 fully saturated rings. The summed E-state index contributed by atoms with van der Waals surface area (Å²) >= 11 is 0. The summed E-state index contributed by atoms with van der Waals surface area (Å²) in [6, 6.07) is 7.67. The minimum Gasteiger partial charge on any atom is -0.389 e. The maximum atomic E-state index is 9.20. The van der Waals surface area contributed by atoms with Crippen molar-refractivity contribution < 1.29 is 5.11 Å². The number of halogens is 1. The molecule has 1 rings (SSSR count). The first-order valence-corrected chi connectivity index (χ1v) is 3.71. The second-order valence-corrected chi connectivity index (χ2v) is 2.63. The largest absolute Gasteiger partial charge is 0.389 e. The number of hydrogen-bond acceptors (Lipinski definition) is 2. The van der Waals surface area contributed by atoms with Crippen molar-refractivity contribution >= 4 is 12.4 Å². The maximum absolute atomic E-state index is 9.20. The predicted octanol–water partition coefficient (Wildman–Crippen LogP) is 1.62. The molecule has 3 heteroatoms. The molecule has 0 saturated heterocycles. The third-order valence-electron chi connectivity index (χ3n) is 1.67. The molecule has 0 saturated carbocycles. The molecule has 0 aromatic heterocycles. The van der Waals surface area contributed by atoms with Gasteiger partial charge in [0, 0.05) is 6.54 Å². The summed E-state index contributed by atoms with van der Waals surface area (Å²) in [4.78, 5) is 0. The Balaban J connectivity index is 0.00000121. The Hall–Kier alpha value is -0.570. The number of aliphatic hydroxyl groups is 1. The van der Waals surface area contributed by atoms with Crippen molar-refractivity contribution in [2.75, 3.05) is 0 Å². The van der Waals surface area contributed by atoms with E-state index in [2.05, 4.69) is 0 Å². The monoisotopic (exact) mass is 187 g/mol. The normalized spacial score (nSPS) is 11.9. The molecule has 0 aliphatic heterocycles. The minimum atomic E-state index is -0.401. The van der Waals surface area contributed by atoms with Gasteiger partial charge < -0.3 is 10.8 Å². The van der Waals surface area contributed by atoms with E-state index in [4.69, 9.17) is 5.73 Å². The lowest BCUT2D eigenvalue weighted by molar-refractivity contribution is 0.199. The Morgan fingerprint density at radius 2 is 2.17 bits per heavy atom. The van der Waals surface area contributed by atoms with Crippen LogP contribution in [0.15, 0.2) is 24.3 Å². The van der Waals surface area contributed by atoms with Crippen LogP contribution >= 0.6 is 12.4 Å². The van der Waals surface area contributed by atoms with Gasteiger partial charge in [-0.3, -0.25) is 0 Å². The molecule has 12 heavy (non-hydrogen) atoms. The SMILES string of the molecule is CC(O)c1cccc(CN)c1.Cl. The fourth-order valence-electron chi connectivity index (χ4n) is 0.980. The Labute approximate surface area is 78.8 Å². The van der Waals surface area contributed by atoms with Gasteiger partial charge in [0.15, 0.2) is 0 Å². The highest BCUT2D eigenvalue weighted by atomic mass is 35.5. The van der Waals surface area contributed by atoms with Crippen molar-refractivity contribution in [3.05, 3.63) is 35.4 Å². The van der Waals surface area contributed by atoms with Gasteiger partial charge in [0.1, 0.15) is 0 Å². The second kappa shape index (κ2) is 5.14. The second-order valence-electron chi connectivity index (χ2n) is 2.63. The fourth-order valence-corrected chi connectivity index (χ4v) is 0.980. The van der Waals surface area contributed by atoms with Gasteiger partial charge in [0.05, 0.1) is 6.10 Å². The molecular formula is C9H14ClNO. The zero-order valence-corrected chi connectivity index (χ0v) is 7.84. The van der Waals surface area contributed by atoms with Crippen molar-refractivity contribution in [2.24, 2.45) is 5.73 Å². The highest BCUT2D eigenvalue weighted by Crippen LogP contribution is 2.12. The summed E-state index contributed by atoms with van der Waals surface area (Å²) in [6.45, 7) is 2.27. The van der Waals surface area contributed by atoms with Gasteiger partial charge in [-0.1, -0.05) is 24.3 Å². The van der Waals surface area contributed by atoms with Crippen LogP contribution in [0, 0.1) is 0 Å². The summed E-state index contributed by atoms with van der Waals surface area (Å²) in [5.41, 5.74) is 7.42. The van der Waals surface area contributed by atoms with E-state index in [1.54, 1.807) is 6.92 Å². The topological polar surface area (TPSA) is 46.2 Å². The molecular weight excluding hydrogens is 174 g/mol. The molecule has 0 bridgehead atoms. The molecule has 0 radical (unpaired) electrons. The summed E-state index contributed by atoms with van der Waals surface area (Å²) in [5.74, 6) is 0. The molecule has 0 spiro atoms. The Kier molecular flexibility index (Phi) is 4.90. The van der Waals surface area contributed by atoms with E-state index in [1.165, 1.54) is 0 Å². The molecule has 1 unspecified atom stereocenters. The van der Waals surface area contributed by atoms with Crippen LogP contribution in [0.2, 0.25) is 0 Å². The maximum Gasteiger partial charge on any atom is 0.0762 e. The number of benzene rings is 1. The van der Waals surface area contributed by atoms with Gasteiger partial charge >= 0.3 is 0 Å². The lowest BCUT2D eigenvalue weighted by Gasteiger charge is -2.05. The Morgan fingerprint density at radius 3 is 2.67 bits per heavy atom. The van der Waals surface area contributed by atoms with Crippen LogP contribution in [0.3, 0.4) is 0 Å². The molecule has 0 aliphatic rings. The first-order chi connectivity index (χ1) is 5.24. The lowest BCUT2D eigenvalue weighted by atomic mass is 10.1. The van der Waals surface area contributed by atoms with Crippen LogP contribution in [-0.4, -0.2) is 5.11 Å². The molecule has 68 valence electrons. The van der Waals surface area contributed by atoms with Gasteiger partial charge in [0.2, 0.25) is 0 Å². The zero-order chi connectivity index (χ0) is 8.27. The van der Waals surface area contributed by atoms with Gasteiger partial charge in [-0.05, 0) is 18.1 Å². The van der Waals surface area contributed by atoms with Crippen LogP contribution < -0.4 is 5.73 Å². The van der Waals surface area contributed by atoms with Crippen molar-refractivity contribution in [1.29, 1.82) is 0 Å². The van der Waals surface area contributed by atoms with Gasteiger partial charge in [-0.15, -0.1) is 12.4 Å². The average molecular weight is 188 g/mol. The minimum absolute atomic E-state index is 0. The van der Waals surface area contributed by atoms with E-state index in [9.17, 15) is 5.11 Å². The lowest BCUT2D eigenvalue weighted by Crippen LogP contribution is -1.98. The van der Waals surface area contributed by atoms with Crippen molar-refractivity contribution in [3.8, 4) is 0 Å². The molecule has 1 aromatic carbocycles. The third-order valence-corrected chi connectivity index (χ3v) is 1.67. The smallest absolute Gasteiger partial charge is 0.0762 e. The summed E-state index contributed by atoms with van der Waals surface area (Å²) in [7, 11) is 0. The van der Waals surface area contributed by atoms with Crippen LogP contribution in [0.25, 0.3) is 0 Å². The predicted molar refractivity (Wildman–Crippen MR) is 52.2 cm³/mol. The van der Waals surface area contributed by atoms with Crippen LogP contribution in [0.4, 0.5) is 0 Å². The van der Waals surface area contributed by atoms with E-state index in [-0.39, 0.29) is 12.4 Å². The molecule has 1 atom stereocenters. The fraction of sp³-hybridized carbons (Fsp3) is 0.333. The van der Waals surface area contributed by atoms with Gasteiger partial charge in [-0.2, -0.15) is 0 Å². The van der Waals surface area contributed by atoms with Gasteiger partial charge in [0.25, 0.3) is 0 Å². The Bertz CT molecular complexity index is 238. The molecule has 0 heterocycles. The van der Waals surface area contributed by atoms with E-state index in [1.807, 2.05) is 24.3 Å². The summed E-state index contributed by atoms with van der Waals surface area (Å²) in [6.07, 6.45) is -0.401. The van der Waals surface area contributed by atoms with Crippen LogP contribution in [0.5, 0.6) is 0 Å². The van der Waals surface area contributed by atoms with Crippen molar-refractivity contribution in [3.63, 3.8) is 0 Å². The average Bonchev–Trinajstić information content (AvgIpc) is 2.05. The van der Waals surface area contributed by atoms with E-state index < -0.39 is 6.10 Å². The molecule has 0 aliphatic carbocycles. The third kappa shape index (κ3) is 2.81. The number of hydrogen-bond donors (Lipinski definition) is 2. The first-order valence-electron chi connectivity index (χ1n) is 3.71. The quantitative estimate of drug-likeness (QED) is 0.739. The standard InChI is InChI=1S/C9H13NO.ClH/c1-7(11)9-4-2-3-8(5-9)6-10;/h2-5,7,11H,6,10H2,1H3;1H. The van der Waals surface area contributed by atoms with E-state index in [0.717, 1.165) is 11.1 Å². The van der Waals surface area contributed by atoms with E-state index >= 15 is 0 Å². The molecule has 3 N–H and O–H groups in total. The first kappa shape index (κ1) is 11.4. The molecule has 2 nitrogen and oxygen atoms in total. The number of aliphatic hydroxyl groups excluding tert-OH is 1.